The highest BCUT2D eigenvalue weighted by molar-refractivity contribution is 6.33. The minimum Gasteiger partial charge on any atom is -0.493 e. The number of para-hydroxylation sites is 1. The molecule has 0 radical (unpaired) electrons. The van der Waals surface area contributed by atoms with Crippen LogP contribution in [0.4, 0.5) is 11.4 Å². The van der Waals surface area contributed by atoms with Gasteiger partial charge >= 0.3 is 5.97 Å². The van der Waals surface area contributed by atoms with E-state index in [0.29, 0.717) is 11.4 Å². The predicted octanol–water partition coefficient (Wildman–Crippen LogP) is 4.64. The van der Waals surface area contributed by atoms with Gasteiger partial charge in [-0.3, -0.25) is 0 Å². The molecule has 2 aromatic carbocycles. The van der Waals surface area contributed by atoms with Crippen LogP contribution in [0.15, 0.2) is 52.7 Å². The second kappa shape index (κ2) is 5.50. The molecule has 0 fully saturated rings. The van der Waals surface area contributed by atoms with Crippen molar-refractivity contribution in [3.63, 3.8) is 0 Å². The van der Waals surface area contributed by atoms with Crippen molar-refractivity contribution in [3.8, 4) is 5.88 Å². The summed E-state index contributed by atoms with van der Waals surface area (Å²) in [6.45, 7) is 0. The third-order valence-corrected chi connectivity index (χ3v) is 3.43. The molecular formula is C15H10ClN3O3. The van der Waals surface area contributed by atoms with Crippen LogP contribution in [0.2, 0.25) is 5.02 Å². The van der Waals surface area contributed by atoms with E-state index >= 15 is 0 Å². The minimum atomic E-state index is -1.14. The van der Waals surface area contributed by atoms with Crippen LogP contribution in [0.5, 0.6) is 5.88 Å². The molecule has 0 atom stereocenters. The maximum absolute atomic E-state index is 11.0. The van der Waals surface area contributed by atoms with Gasteiger partial charge < -0.3 is 15.2 Å². The van der Waals surface area contributed by atoms with E-state index in [-0.39, 0.29) is 16.5 Å². The van der Waals surface area contributed by atoms with Gasteiger partial charge in [-0.15, -0.1) is 5.11 Å². The molecule has 0 saturated heterocycles. The molecule has 3 aromatic rings. The Bertz CT molecular complexity index is 902. The van der Waals surface area contributed by atoms with Gasteiger partial charge in [0, 0.05) is 5.39 Å². The molecule has 0 aliphatic heterocycles. The number of hydrogen-bond donors (Lipinski definition) is 3. The molecule has 3 rings (SSSR count). The summed E-state index contributed by atoms with van der Waals surface area (Å²) in [5, 5.41) is 27.7. The van der Waals surface area contributed by atoms with Gasteiger partial charge in [0.2, 0.25) is 5.88 Å². The van der Waals surface area contributed by atoms with Crippen molar-refractivity contribution >= 4 is 39.8 Å². The number of aromatic hydroxyl groups is 1. The van der Waals surface area contributed by atoms with Crippen molar-refractivity contribution in [2.75, 3.05) is 0 Å². The largest absolute Gasteiger partial charge is 0.493 e. The van der Waals surface area contributed by atoms with Gasteiger partial charge in [0.15, 0.2) is 5.69 Å². The third-order valence-electron chi connectivity index (χ3n) is 3.11. The quantitative estimate of drug-likeness (QED) is 0.614. The second-order valence-electron chi connectivity index (χ2n) is 4.54. The van der Waals surface area contributed by atoms with Crippen LogP contribution in [-0.2, 0) is 0 Å². The lowest BCUT2D eigenvalue weighted by Gasteiger charge is -1.99. The molecule has 0 bridgehead atoms. The maximum Gasteiger partial charge on any atom is 0.337 e. The lowest BCUT2D eigenvalue weighted by molar-refractivity contribution is 0.0697. The molecule has 1 heterocycles. The molecule has 1 aromatic heterocycles. The number of rotatable bonds is 3. The van der Waals surface area contributed by atoms with Crippen molar-refractivity contribution in [1.82, 2.24) is 4.98 Å². The van der Waals surface area contributed by atoms with Crippen LogP contribution in [0.25, 0.3) is 10.9 Å². The van der Waals surface area contributed by atoms with Gasteiger partial charge in [0.05, 0.1) is 21.8 Å². The first-order chi connectivity index (χ1) is 10.6. The number of benzene rings is 2. The van der Waals surface area contributed by atoms with E-state index in [4.69, 9.17) is 16.7 Å². The number of halogens is 1. The summed E-state index contributed by atoms with van der Waals surface area (Å²) in [7, 11) is 0. The van der Waals surface area contributed by atoms with Crippen molar-refractivity contribution in [1.29, 1.82) is 0 Å². The Morgan fingerprint density at radius 2 is 1.91 bits per heavy atom. The highest BCUT2D eigenvalue weighted by Crippen LogP contribution is 2.36. The molecule has 0 amide bonds. The number of carbonyl (C=O) groups is 1. The molecule has 7 heteroatoms. The lowest BCUT2D eigenvalue weighted by atomic mass is 10.2. The van der Waals surface area contributed by atoms with Crippen LogP contribution in [-0.4, -0.2) is 21.2 Å². The maximum atomic E-state index is 11.0. The van der Waals surface area contributed by atoms with Crippen molar-refractivity contribution in [2.45, 2.75) is 0 Å². The zero-order chi connectivity index (χ0) is 15.7. The molecule has 0 spiro atoms. The zero-order valence-electron chi connectivity index (χ0n) is 11.1. The molecule has 110 valence electrons. The van der Waals surface area contributed by atoms with Crippen molar-refractivity contribution in [2.24, 2.45) is 10.2 Å². The van der Waals surface area contributed by atoms with E-state index in [0.717, 1.165) is 10.9 Å². The first kappa shape index (κ1) is 14.1. The van der Waals surface area contributed by atoms with Crippen LogP contribution in [0.1, 0.15) is 10.4 Å². The highest BCUT2D eigenvalue weighted by atomic mass is 35.5. The zero-order valence-corrected chi connectivity index (χ0v) is 11.9. The topological polar surface area (TPSA) is 98.0 Å². The monoisotopic (exact) mass is 315 g/mol. The molecule has 3 N–H and O–H groups in total. The van der Waals surface area contributed by atoms with E-state index in [1.54, 1.807) is 18.2 Å². The van der Waals surface area contributed by atoms with E-state index in [2.05, 4.69) is 15.2 Å². The second-order valence-corrected chi connectivity index (χ2v) is 4.94. The Labute approximate surface area is 129 Å². The standard InChI is InChI=1S/C15H10ClN3O3/c16-11-6-5-8(7-10(11)15(21)22)18-19-13-9-3-1-2-4-12(9)17-14(13)20/h1-7,17,20H,(H,21,22). The molecule has 6 nitrogen and oxygen atoms in total. The summed E-state index contributed by atoms with van der Waals surface area (Å²) in [5.74, 6) is -1.24. The molecule has 0 unspecified atom stereocenters. The summed E-state index contributed by atoms with van der Waals surface area (Å²) < 4.78 is 0. The van der Waals surface area contributed by atoms with E-state index in [9.17, 15) is 9.90 Å². The van der Waals surface area contributed by atoms with E-state index < -0.39 is 5.97 Å². The molecular weight excluding hydrogens is 306 g/mol. The van der Waals surface area contributed by atoms with Crippen molar-refractivity contribution in [3.05, 3.63) is 53.1 Å². The lowest BCUT2D eigenvalue weighted by Crippen LogP contribution is -1.96. The Kier molecular flexibility index (Phi) is 3.52. The highest BCUT2D eigenvalue weighted by Gasteiger charge is 2.11. The Morgan fingerprint density at radius 1 is 1.14 bits per heavy atom. The fraction of sp³-hybridized carbons (Fsp3) is 0. The first-order valence-corrected chi connectivity index (χ1v) is 6.68. The van der Waals surface area contributed by atoms with Gasteiger partial charge in [-0.05, 0) is 24.3 Å². The number of azo groups is 1. The third kappa shape index (κ3) is 2.51. The van der Waals surface area contributed by atoms with Crippen LogP contribution in [0, 0.1) is 0 Å². The van der Waals surface area contributed by atoms with Gasteiger partial charge in [0.25, 0.3) is 0 Å². The number of carboxylic acids is 1. The van der Waals surface area contributed by atoms with Crippen molar-refractivity contribution < 1.29 is 15.0 Å². The van der Waals surface area contributed by atoms with Crippen LogP contribution in [0.3, 0.4) is 0 Å². The summed E-state index contributed by atoms with van der Waals surface area (Å²) in [6, 6.07) is 11.6. The number of aromatic amines is 1. The molecule has 0 aliphatic carbocycles. The van der Waals surface area contributed by atoms with Crippen LogP contribution >= 0.6 is 11.6 Å². The summed E-state index contributed by atoms with van der Waals surface area (Å²) >= 11 is 5.80. The summed E-state index contributed by atoms with van der Waals surface area (Å²) in [5.41, 5.74) is 1.30. The van der Waals surface area contributed by atoms with Gasteiger partial charge in [0.1, 0.15) is 0 Å². The first-order valence-electron chi connectivity index (χ1n) is 6.30. The number of fused-ring (bicyclic) bond motifs is 1. The fourth-order valence-corrected chi connectivity index (χ4v) is 2.26. The van der Waals surface area contributed by atoms with Gasteiger partial charge in [-0.2, -0.15) is 5.11 Å². The van der Waals surface area contributed by atoms with E-state index in [1.165, 1.54) is 12.1 Å². The average Bonchev–Trinajstić information content (AvgIpc) is 2.81. The number of hydrogen-bond acceptors (Lipinski definition) is 4. The fourth-order valence-electron chi connectivity index (χ4n) is 2.06. The Morgan fingerprint density at radius 3 is 2.68 bits per heavy atom. The molecule has 0 saturated carbocycles. The number of aromatic carboxylic acids is 1. The summed E-state index contributed by atoms with van der Waals surface area (Å²) in [4.78, 5) is 13.8. The minimum absolute atomic E-state index is 0.0544. The van der Waals surface area contributed by atoms with Crippen LogP contribution < -0.4 is 0 Å². The van der Waals surface area contributed by atoms with E-state index in [1.807, 2.05) is 12.1 Å². The molecule has 0 aliphatic rings. The normalized spacial score (nSPS) is 11.3. The number of nitrogens with zero attached hydrogens (tertiary/aromatic N) is 2. The number of carboxylic acid groups (broad SMARTS) is 1. The smallest absolute Gasteiger partial charge is 0.337 e. The SMILES string of the molecule is O=C(O)c1cc(N=Nc2c(O)[nH]c3ccccc23)ccc1Cl. The predicted molar refractivity (Wildman–Crippen MR) is 82.6 cm³/mol. The van der Waals surface area contributed by atoms with Gasteiger partial charge in [-0.25, -0.2) is 4.79 Å². The average molecular weight is 316 g/mol. The van der Waals surface area contributed by atoms with Gasteiger partial charge in [-0.1, -0.05) is 29.8 Å². The Balaban J connectivity index is 2.01. The molecule has 22 heavy (non-hydrogen) atoms. The summed E-state index contributed by atoms with van der Waals surface area (Å²) in [6.07, 6.45) is 0. The number of nitrogens with one attached hydrogen (secondary N) is 1. The number of H-pyrrole nitrogens is 1. The Hall–Kier alpha value is -2.86. The number of aromatic nitrogens is 1.